The van der Waals surface area contributed by atoms with Crippen molar-refractivity contribution in [3.05, 3.63) is 24.8 Å². The van der Waals surface area contributed by atoms with E-state index in [9.17, 15) is 4.79 Å². The van der Waals surface area contributed by atoms with Crippen molar-refractivity contribution in [3.63, 3.8) is 0 Å². The van der Waals surface area contributed by atoms with Crippen LogP contribution in [0.5, 0.6) is 0 Å². The van der Waals surface area contributed by atoms with Gasteiger partial charge in [-0.05, 0) is 24.7 Å². The first-order valence-electron chi connectivity index (χ1n) is 2.62. The van der Waals surface area contributed by atoms with Gasteiger partial charge < -0.3 is 4.74 Å². The number of hydrogen-bond donors (Lipinski definition) is 0. The predicted molar refractivity (Wildman–Crippen MR) is 43.7 cm³/mol. The molecule has 0 fully saturated rings. The molecule has 3 heteroatoms. The lowest BCUT2D eigenvalue weighted by Gasteiger charge is -1.99. The highest BCUT2D eigenvalue weighted by Crippen LogP contribution is 1.95. The number of carbonyl (C=O) groups is 1. The molecule has 0 radical (unpaired) electrons. The van der Waals surface area contributed by atoms with Gasteiger partial charge in [0.25, 0.3) is 0 Å². The average molecular weight is 156 g/mol. The fraction of sp³-hybridized carbons (Fsp3) is 0.143. The molecule has 0 aliphatic heterocycles. The van der Waals surface area contributed by atoms with E-state index in [1.165, 1.54) is 0 Å². The molecule has 0 spiro atoms. The second-order valence-electron chi connectivity index (χ2n) is 1.69. The molecule has 0 N–H and O–H groups in total. The van der Waals surface area contributed by atoms with E-state index in [1.807, 2.05) is 0 Å². The van der Waals surface area contributed by atoms with Gasteiger partial charge in [-0.25, -0.2) is 4.79 Å². The van der Waals surface area contributed by atoms with Gasteiger partial charge in [-0.3, -0.25) is 0 Å². The van der Waals surface area contributed by atoms with Crippen LogP contribution in [0.4, 0.5) is 0 Å². The molecule has 0 bridgehead atoms. The Kier molecular flexibility index (Phi) is 3.57. The van der Waals surface area contributed by atoms with Crippen LogP contribution in [-0.2, 0) is 9.53 Å². The largest absolute Gasteiger partial charge is 0.411 e. The van der Waals surface area contributed by atoms with Gasteiger partial charge in [-0.2, -0.15) is 0 Å². The molecule has 0 aliphatic rings. The van der Waals surface area contributed by atoms with Gasteiger partial charge in [-0.1, -0.05) is 13.2 Å². The van der Waals surface area contributed by atoms with Crippen LogP contribution in [0.25, 0.3) is 0 Å². The second kappa shape index (κ2) is 3.95. The van der Waals surface area contributed by atoms with Gasteiger partial charge in [0.1, 0.15) is 0 Å². The highest BCUT2D eigenvalue weighted by Gasteiger charge is 2.01. The van der Waals surface area contributed by atoms with Crippen molar-refractivity contribution in [2.75, 3.05) is 0 Å². The number of ether oxygens (including phenoxy) is 1. The second-order valence-corrected chi connectivity index (χ2v) is 2.06. The standard InChI is InChI=1S/C7H8O2S/c1-4-6(8)9-7(10)5(2)3/h4H,1-2H2,3H3. The zero-order valence-electron chi connectivity index (χ0n) is 5.72. The summed E-state index contributed by atoms with van der Waals surface area (Å²) in [7, 11) is 0. The molecule has 10 heavy (non-hydrogen) atoms. The Balaban J connectivity index is 3.92. The van der Waals surface area contributed by atoms with Gasteiger partial charge in [0.2, 0.25) is 0 Å². The fourth-order valence-electron chi connectivity index (χ4n) is 0.220. The third-order valence-electron chi connectivity index (χ3n) is 0.708. The molecule has 0 saturated carbocycles. The van der Waals surface area contributed by atoms with E-state index in [2.05, 4.69) is 30.1 Å². The number of rotatable bonds is 2. The minimum Gasteiger partial charge on any atom is -0.411 e. The predicted octanol–water partition coefficient (Wildman–Crippen LogP) is 1.62. The molecule has 0 atom stereocenters. The quantitative estimate of drug-likeness (QED) is 0.345. The molecule has 0 aromatic carbocycles. The van der Waals surface area contributed by atoms with Gasteiger partial charge in [0.05, 0.1) is 0 Å². The molecule has 0 heterocycles. The Labute approximate surface area is 65.2 Å². The first kappa shape index (κ1) is 9.04. The van der Waals surface area contributed by atoms with Crippen molar-refractivity contribution < 1.29 is 9.53 Å². The summed E-state index contributed by atoms with van der Waals surface area (Å²) >= 11 is 4.63. The maximum Gasteiger partial charge on any atom is 0.336 e. The van der Waals surface area contributed by atoms with Gasteiger partial charge >= 0.3 is 5.97 Å². The zero-order chi connectivity index (χ0) is 8.15. The van der Waals surface area contributed by atoms with Crippen molar-refractivity contribution in [2.24, 2.45) is 0 Å². The minimum absolute atomic E-state index is 0.116. The summed E-state index contributed by atoms with van der Waals surface area (Å²) in [5, 5.41) is 0.116. The molecular weight excluding hydrogens is 148 g/mol. The molecule has 0 aromatic heterocycles. The number of thiocarbonyl (C=S) groups is 1. The summed E-state index contributed by atoms with van der Waals surface area (Å²) in [5.41, 5.74) is 0.560. The SMILES string of the molecule is C=CC(=O)OC(=S)C(=C)C. The van der Waals surface area contributed by atoms with Crippen LogP contribution in [0.3, 0.4) is 0 Å². The third-order valence-corrected chi connectivity index (χ3v) is 1.14. The summed E-state index contributed by atoms with van der Waals surface area (Å²) in [6.45, 7) is 8.36. The smallest absolute Gasteiger partial charge is 0.336 e. The van der Waals surface area contributed by atoms with E-state index < -0.39 is 5.97 Å². The summed E-state index contributed by atoms with van der Waals surface area (Å²) < 4.78 is 4.54. The van der Waals surface area contributed by atoms with Crippen molar-refractivity contribution in [1.82, 2.24) is 0 Å². The Morgan fingerprint density at radius 2 is 2.20 bits per heavy atom. The van der Waals surface area contributed by atoms with E-state index >= 15 is 0 Å². The Morgan fingerprint density at radius 1 is 1.70 bits per heavy atom. The van der Waals surface area contributed by atoms with Crippen LogP contribution >= 0.6 is 12.2 Å². The maximum atomic E-state index is 10.5. The summed E-state index contributed by atoms with van der Waals surface area (Å²) in [6.07, 6.45) is 1.05. The Hall–Kier alpha value is -0.960. The lowest BCUT2D eigenvalue weighted by molar-refractivity contribution is -0.129. The first-order chi connectivity index (χ1) is 4.57. The number of esters is 1. The maximum absolute atomic E-state index is 10.5. The summed E-state index contributed by atoms with van der Waals surface area (Å²) in [6, 6.07) is 0. The highest BCUT2D eigenvalue weighted by molar-refractivity contribution is 7.80. The molecule has 0 aliphatic carbocycles. The van der Waals surface area contributed by atoms with E-state index in [0.29, 0.717) is 5.57 Å². The molecular formula is C7H8O2S. The van der Waals surface area contributed by atoms with E-state index in [0.717, 1.165) is 6.08 Å². The molecule has 54 valence electrons. The first-order valence-corrected chi connectivity index (χ1v) is 3.03. The van der Waals surface area contributed by atoms with Crippen LogP contribution in [0.15, 0.2) is 24.8 Å². The van der Waals surface area contributed by atoms with Crippen LogP contribution in [0.2, 0.25) is 0 Å². The van der Waals surface area contributed by atoms with Crippen LogP contribution in [0, 0.1) is 0 Å². The minimum atomic E-state index is -0.548. The zero-order valence-corrected chi connectivity index (χ0v) is 6.53. The Bertz CT molecular complexity index is 194. The van der Waals surface area contributed by atoms with Crippen molar-refractivity contribution in [3.8, 4) is 0 Å². The van der Waals surface area contributed by atoms with E-state index in [4.69, 9.17) is 0 Å². The number of hydrogen-bond acceptors (Lipinski definition) is 3. The monoisotopic (exact) mass is 156 g/mol. The van der Waals surface area contributed by atoms with Crippen LogP contribution < -0.4 is 0 Å². The van der Waals surface area contributed by atoms with Crippen molar-refractivity contribution in [2.45, 2.75) is 6.92 Å². The van der Waals surface area contributed by atoms with Gasteiger partial charge in [0.15, 0.2) is 5.05 Å². The fourth-order valence-corrected chi connectivity index (χ4v) is 0.302. The molecule has 0 unspecified atom stereocenters. The summed E-state index contributed by atoms with van der Waals surface area (Å²) in [5.74, 6) is -0.548. The molecule has 0 saturated heterocycles. The van der Waals surface area contributed by atoms with Gasteiger partial charge in [0, 0.05) is 6.08 Å². The lowest BCUT2D eigenvalue weighted by atomic mass is 10.4. The van der Waals surface area contributed by atoms with Crippen LogP contribution in [0.1, 0.15) is 6.92 Å². The Morgan fingerprint density at radius 3 is 2.50 bits per heavy atom. The normalized spacial score (nSPS) is 8.10. The summed E-state index contributed by atoms with van der Waals surface area (Å²) in [4.78, 5) is 10.5. The van der Waals surface area contributed by atoms with E-state index in [-0.39, 0.29) is 5.05 Å². The van der Waals surface area contributed by atoms with Crippen molar-refractivity contribution >= 4 is 23.2 Å². The van der Waals surface area contributed by atoms with Gasteiger partial charge in [-0.15, -0.1) is 0 Å². The molecule has 2 nitrogen and oxygen atoms in total. The molecule has 0 aromatic rings. The third kappa shape index (κ3) is 3.14. The number of carbonyl (C=O) groups excluding carboxylic acids is 1. The lowest BCUT2D eigenvalue weighted by Crippen LogP contribution is -2.07. The molecule has 0 amide bonds. The average Bonchev–Trinajstić information content (AvgIpc) is 1.87. The van der Waals surface area contributed by atoms with Crippen molar-refractivity contribution in [1.29, 1.82) is 0 Å². The van der Waals surface area contributed by atoms with E-state index in [1.54, 1.807) is 6.92 Å². The van der Waals surface area contributed by atoms with Crippen LogP contribution in [-0.4, -0.2) is 11.0 Å². The highest BCUT2D eigenvalue weighted by atomic mass is 32.1. The topological polar surface area (TPSA) is 26.3 Å². The molecule has 0 rings (SSSR count).